The minimum atomic E-state index is -5.41. The van der Waals surface area contributed by atoms with Crippen molar-refractivity contribution in [2.24, 2.45) is 0 Å². The highest BCUT2D eigenvalue weighted by molar-refractivity contribution is 8.14. The summed E-state index contributed by atoms with van der Waals surface area (Å²) < 4.78 is 39.5. The van der Waals surface area contributed by atoms with Crippen LogP contribution < -0.4 is 21.0 Å². The van der Waals surface area contributed by atoms with E-state index in [0.717, 1.165) is 18.9 Å². The normalized spacial score (nSPS) is 16.9. The van der Waals surface area contributed by atoms with E-state index in [1.807, 2.05) is 4.90 Å². The second-order valence-electron chi connectivity index (χ2n) is 8.76. The number of rotatable bonds is 8. The fourth-order valence-corrected chi connectivity index (χ4v) is 6.90. The standard InChI is InChI=1S/C20H25FN4O9P2S/c21-14-7-12-15(8-16(14)24-5-3-22-4-6-24)25(11-1-2-11)9-13(18(12)27)19(28)37-10-17(26)23-20(35(29,30)31)36(32,33)34/h7-9,11,20,22H,1-6,10H2,(H,23,26)(H2,29,30,31)(H2,32,33,34). The maximum Gasteiger partial charge on any atom is 0.360 e. The Morgan fingerprint density at radius 3 is 2.32 bits per heavy atom. The highest BCUT2D eigenvalue weighted by atomic mass is 32.2. The van der Waals surface area contributed by atoms with E-state index in [2.05, 4.69) is 5.32 Å². The van der Waals surface area contributed by atoms with Crippen LogP contribution in [0.1, 0.15) is 29.2 Å². The SMILES string of the molecule is O=C(CSC(=O)c1cn(C2CC2)c2cc(N3CCNCC3)c(F)cc2c1=O)NC(P(=O)(O)O)P(=O)(O)O. The zero-order valence-electron chi connectivity index (χ0n) is 19.2. The molecule has 1 aromatic heterocycles. The molecule has 37 heavy (non-hydrogen) atoms. The van der Waals surface area contributed by atoms with Crippen molar-refractivity contribution in [3.8, 4) is 0 Å². The topological polar surface area (TPSA) is 198 Å². The lowest BCUT2D eigenvalue weighted by Crippen LogP contribution is -2.43. The van der Waals surface area contributed by atoms with Crippen molar-refractivity contribution >= 4 is 54.6 Å². The first-order valence-corrected chi connectivity index (χ1v) is 15.5. The lowest BCUT2D eigenvalue weighted by molar-refractivity contribution is -0.118. The van der Waals surface area contributed by atoms with Crippen LogP contribution in [0.15, 0.2) is 23.1 Å². The Hall–Kier alpha value is -2.09. The molecule has 2 aliphatic rings. The molecule has 0 bridgehead atoms. The molecule has 6 N–H and O–H groups in total. The van der Waals surface area contributed by atoms with Gasteiger partial charge in [-0.2, -0.15) is 0 Å². The van der Waals surface area contributed by atoms with Gasteiger partial charge in [0.05, 0.1) is 22.5 Å². The number of nitrogens with one attached hydrogen (secondary N) is 2. The highest BCUT2D eigenvalue weighted by Gasteiger charge is 2.44. The van der Waals surface area contributed by atoms with Gasteiger partial charge in [0.25, 0.3) is 0 Å². The molecule has 1 aliphatic carbocycles. The van der Waals surface area contributed by atoms with Crippen LogP contribution in [0.2, 0.25) is 0 Å². The van der Waals surface area contributed by atoms with Gasteiger partial charge in [-0.3, -0.25) is 23.5 Å². The van der Waals surface area contributed by atoms with Gasteiger partial charge < -0.3 is 39.7 Å². The third-order valence-electron chi connectivity index (χ3n) is 5.98. The molecule has 17 heteroatoms. The third kappa shape index (κ3) is 6.32. The minimum Gasteiger partial charge on any atom is -0.367 e. The first-order valence-electron chi connectivity index (χ1n) is 11.2. The molecule has 1 aromatic carbocycles. The van der Waals surface area contributed by atoms with Gasteiger partial charge in [0, 0.05) is 43.8 Å². The molecular weight excluding hydrogens is 553 g/mol. The van der Waals surface area contributed by atoms with Crippen LogP contribution in [-0.4, -0.2) is 72.6 Å². The van der Waals surface area contributed by atoms with Crippen molar-refractivity contribution in [2.75, 3.05) is 36.8 Å². The molecule has 0 radical (unpaired) electrons. The molecule has 0 unspecified atom stereocenters. The zero-order valence-corrected chi connectivity index (χ0v) is 21.8. The number of aromatic nitrogens is 1. The van der Waals surface area contributed by atoms with Crippen LogP contribution in [0, 0.1) is 5.82 Å². The number of benzene rings is 1. The fourth-order valence-electron chi connectivity index (χ4n) is 4.07. The summed E-state index contributed by atoms with van der Waals surface area (Å²) >= 11 is 0.315. The van der Waals surface area contributed by atoms with E-state index in [0.29, 0.717) is 49.1 Å². The Labute approximate surface area is 213 Å². The molecule has 2 heterocycles. The number of anilines is 1. The number of piperazine rings is 1. The molecule has 1 saturated heterocycles. The summed E-state index contributed by atoms with van der Waals surface area (Å²) in [5.74, 6) is -2.61. The lowest BCUT2D eigenvalue weighted by Gasteiger charge is -2.30. The second kappa shape index (κ2) is 10.6. The van der Waals surface area contributed by atoms with Gasteiger partial charge in [0.2, 0.25) is 22.0 Å². The maximum atomic E-state index is 15.1. The number of nitrogens with zero attached hydrogens (tertiary/aromatic N) is 2. The van der Waals surface area contributed by atoms with Crippen LogP contribution in [-0.2, 0) is 13.9 Å². The van der Waals surface area contributed by atoms with E-state index in [-0.39, 0.29) is 17.0 Å². The van der Waals surface area contributed by atoms with Crippen LogP contribution in [0.4, 0.5) is 10.1 Å². The van der Waals surface area contributed by atoms with E-state index >= 15 is 4.39 Å². The number of thioether (sulfide) groups is 1. The average Bonchev–Trinajstić information content (AvgIpc) is 3.66. The Morgan fingerprint density at radius 1 is 1.14 bits per heavy atom. The Bertz CT molecular complexity index is 1380. The quantitative estimate of drug-likeness (QED) is 0.238. The first-order chi connectivity index (χ1) is 17.3. The summed E-state index contributed by atoms with van der Waals surface area (Å²) in [7, 11) is -10.8. The van der Waals surface area contributed by atoms with Crippen molar-refractivity contribution in [2.45, 2.75) is 24.4 Å². The summed E-state index contributed by atoms with van der Waals surface area (Å²) in [5, 5.41) is 3.89. The van der Waals surface area contributed by atoms with Gasteiger partial charge in [-0.25, -0.2) is 4.39 Å². The van der Waals surface area contributed by atoms with Crippen molar-refractivity contribution in [1.82, 2.24) is 15.2 Å². The van der Waals surface area contributed by atoms with Gasteiger partial charge in [-0.1, -0.05) is 11.8 Å². The molecule has 1 saturated carbocycles. The number of pyridine rings is 1. The van der Waals surface area contributed by atoms with Crippen molar-refractivity contribution in [3.63, 3.8) is 0 Å². The molecule has 4 rings (SSSR count). The van der Waals surface area contributed by atoms with E-state index in [1.54, 1.807) is 16.0 Å². The Kier molecular flexibility index (Phi) is 7.99. The summed E-state index contributed by atoms with van der Waals surface area (Å²) in [6, 6.07) is 2.72. The number of amides is 1. The average molecular weight is 578 g/mol. The maximum absolute atomic E-state index is 15.1. The van der Waals surface area contributed by atoms with Gasteiger partial charge in [-0.15, -0.1) is 0 Å². The molecule has 0 spiro atoms. The van der Waals surface area contributed by atoms with Gasteiger partial charge in [-0.05, 0) is 25.0 Å². The minimum absolute atomic E-state index is 0.00208. The molecule has 2 fully saturated rings. The van der Waals surface area contributed by atoms with E-state index in [4.69, 9.17) is 19.6 Å². The Balaban J connectivity index is 1.60. The van der Waals surface area contributed by atoms with Gasteiger partial charge in [0.15, 0.2) is 0 Å². The van der Waals surface area contributed by atoms with Crippen molar-refractivity contribution in [1.29, 1.82) is 0 Å². The van der Waals surface area contributed by atoms with Crippen LogP contribution in [0.3, 0.4) is 0 Å². The monoisotopic (exact) mass is 578 g/mol. The number of hydrogen-bond acceptors (Lipinski definition) is 8. The van der Waals surface area contributed by atoms with E-state index in [9.17, 15) is 23.5 Å². The number of carbonyl (C=O) groups excluding carboxylic acids is 2. The largest absolute Gasteiger partial charge is 0.367 e. The summed E-state index contributed by atoms with van der Waals surface area (Å²) in [6.45, 7) is 2.56. The van der Waals surface area contributed by atoms with Crippen LogP contribution >= 0.6 is 27.0 Å². The van der Waals surface area contributed by atoms with Gasteiger partial charge in [0.1, 0.15) is 5.82 Å². The molecule has 202 valence electrons. The highest BCUT2D eigenvalue weighted by Crippen LogP contribution is 2.58. The van der Waals surface area contributed by atoms with Gasteiger partial charge >= 0.3 is 15.2 Å². The summed E-state index contributed by atoms with van der Waals surface area (Å²) in [6.07, 6.45) is 2.96. The molecule has 1 amide bonds. The summed E-state index contributed by atoms with van der Waals surface area (Å²) in [4.78, 5) is 76.4. The number of hydrogen-bond donors (Lipinski definition) is 6. The molecule has 0 atom stereocenters. The van der Waals surface area contributed by atoms with Crippen LogP contribution in [0.25, 0.3) is 10.9 Å². The Morgan fingerprint density at radius 2 is 1.76 bits per heavy atom. The second-order valence-corrected chi connectivity index (χ2v) is 13.5. The van der Waals surface area contributed by atoms with Crippen molar-refractivity contribution < 1.29 is 42.7 Å². The smallest absolute Gasteiger partial charge is 0.360 e. The summed E-state index contributed by atoms with van der Waals surface area (Å²) in [5.41, 5.74) is -2.97. The zero-order chi connectivity index (χ0) is 27.1. The number of fused-ring (bicyclic) bond motifs is 1. The van der Waals surface area contributed by atoms with E-state index < -0.39 is 48.7 Å². The van der Waals surface area contributed by atoms with E-state index in [1.165, 1.54) is 6.20 Å². The number of halogens is 1. The fraction of sp³-hybridized carbons (Fsp3) is 0.450. The lowest BCUT2D eigenvalue weighted by atomic mass is 10.1. The molecule has 2 aromatic rings. The third-order valence-corrected chi connectivity index (χ3v) is 10.2. The van der Waals surface area contributed by atoms with Crippen LogP contribution in [0.5, 0.6) is 0 Å². The van der Waals surface area contributed by atoms with Crippen molar-refractivity contribution in [3.05, 3.63) is 39.9 Å². The predicted molar refractivity (Wildman–Crippen MR) is 134 cm³/mol. The molecule has 1 aliphatic heterocycles. The molecular formula is C20H25FN4O9P2S. The molecule has 13 nitrogen and oxygen atoms in total. The first kappa shape index (κ1) is 27.9. The number of carbonyl (C=O) groups is 2. The predicted octanol–water partition coefficient (Wildman–Crippen LogP) is 0.514.